The average Bonchev–Trinajstić information content (AvgIpc) is 3.59. The van der Waals surface area contributed by atoms with Crippen molar-refractivity contribution in [3.8, 4) is 5.75 Å². The molecule has 176 valence electrons. The van der Waals surface area contributed by atoms with Crippen LogP contribution in [-0.2, 0) is 6.42 Å². The maximum atomic E-state index is 10.4. The van der Waals surface area contributed by atoms with Gasteiger partial charge < -0.3 is 24.4 Å². The Morgan fingerprint density at radius 3 is 2.61 bits per heavy atom. The van der Waals surface area contributed by atoms with Crippen LogP contribution in [0.25, 0.3) is 11.0 Å². The summed E-state index contributed by atoms with van der Waals surface area (Å²) in [4.78, 5) is 2.25. The summed E-state index contributed by atoms with van der Waals surface area (Å²) >= 11 is 5.84. The second-order valence-electron chi connectivity index (χ2n) is 9.12. The molecule has 3 heterocycles. The number of aliphatic hydroxyl groups excluding tert-OH is 2. The molecule has 1 saturated heterocycles. The van der Waals surface area contributed by atoms with Crippen molar-refractivity contribution in [2.24, 2.45) is 11.8 Å². The van der Waals surface area contributed by atoms with E-state index < -0.39 is 12.7 Å². The number of aromatic nitrogens is 3. The number of nitrogens with zero attached hydrogens (tertiary/aromatic N) is 4. The van der Waals surface area contributed by atoms with Crippen LogP contribution in [0, 0.1) is 11.8 Å². The zero-order valence-corrected chi connectivity index (χ0v) is 19.2. The lowest BCUT2D eigenvalue weighted by molar-refractivity contribution is 0.0925. The number of ether oxygens (including phenoxy) is 1. The molecular formula is C24H29ClN4O4. The van der Waals surface area contributed by atoms with Crippen LogP contribution in [0.15, 0.2) is 28.8 Å². The highest BCUT2D eigenvalue weighted by Gasteiger charge is 2.26. The van der Waals surface area contributed by atoms with E-state index in [0.717, 1.165) is 55.7 Å². The van der Waals surface area contributed by atoms with Crippen molar-refractivity contribution in [1.82, 2.24) is 15.4 Å². The van der Waals surface area contributed by atoms with Gasteiger partial charge in [-0.25, -0.2) is 0 Å². The van der Waals surface area contributed by atoms with Gasteiger partial charge in [0.15, 0.2) is 16.6 Å². The van der Waals surface area contributed by atoms with Gasteiger partial charge in [-0.15, -0.1) is 10.2 Å². The van der Waals surface area contributed by atoms with Crippen LogP contribution in [-0.4, -0.2) is 51.9 Å². The van der Waals surface area contributed by atoms with Gasteiger partial charge in [0.1, 0.15) is 11.9 Å². The van der Waals surface area contributed by atoms with Gasteiger partial charge in [-0.05, 0) is 74.6 Å². The number of rotatable bonds is 9. The summed E-state index contributed by atoms with van der Waals surface area (Å²) in [6, 6.07) is 7.51. The minimum Gasteiger partial charge on any atom is -0.493 e. The van der Waals surface area contributed by atoms with E-state index >= 15 is 0 Å². The first kappa shape index (κ1) is 22.4. The predicted molar refractivity (Wildman–Crippen MR) is 125 cm³/mol. The van der Waals surface area contributed by atoms with Crippen molar-refractivity contribution >= 4 is 28.4 Å². The van der Waals surface area contributed by atoms with Gasteiger partial charge in [-0.1, -0.05) is 16.8 Å². The molecule has 0 bridgehead atoms. The van der Waals surface area contributed by atoms with E-state index in [-0.39, 0.29) is 0 Å². The van der Waals surface area contributed by atoms with Crippen LogP contribution in [0.2, 0.25) is 5.15 Å². The molecule has 3 aromatic rings. The number of aryl methyl sites for hydroxylation is 1. The molecule has 0 amide bonds. The molecule has 0 radical (unpaired) electrons. The third-order valence-electron chi connectivity index (χ3n) is 6.74. The number of piperidine rings is 1. The number of halogens is 1. The van der Waals surface area contributed by atoms with E-state index in [0.29, 0.717) is 40.5 Å². The summed E-state index contributed by atoms with van der Waals surface area (Å²) in [5, 5.41) is 33.7. The number of benzene rings is 1. The van der Waals surface area contributed by atoms with Crippen LogP contribution >= 0.6 is 11.6 Å². The van der Waals surface area contributed by atoms with Gasteiger partial charge in [0.25, 0.3) is 0 Å². The van der Waals surface area contributed by atoms with Gasteiger partial charge >= 0.3 is 0 Å². The lowest BCUT2D eigenvalue weighted by atomic mass is 9.91. The lowest BCUT2D eigenvalue weighted by Crippen LogP contribution is -2.34. The number of fused-ring (bicyclic) bond motifs is 1. The molecule has 1 aliphatic heterocycles. The molecule has 2 N–H and O–H groups in total. The van der Waals surface area contributed by atoms with Gasteiger partial charge in [0.05, 0.1) is 24.5 Å². The third kappa shape index (κ3) is 5.08. The van der Waals surface area contributed by atoms with E-state index in [1.54, 1.807) is 6.07 Å². The first-order valence-electron chi connectivity index (χ1n) is 11.7. The molecule has 8 nitrogen and oxygen atoms in total. The first-order valence-corrected chi connectivity index (χ1v) is 12.1. The van der Waals surface area contributed by atoms with Crippen LogP contribution in [0.3, 0.4) is 0 Å². The number of anilines is 1. The normalized spacial score (nSPS) is 18.1. The summed E-state index contributed by atoms with van der Waals surface area (Å²) in [6.07, 6.45) is 5.26. The summed E-state index contributed by atoms with van der Waals surface area (Å²) in [7, 11) is 0. The molecule has 33 heavy (non-hydrogen) atoms. The Hall–Kier alpha value is -2.42. The van der Waals surface area contributed by atoms with E-state index in [4.69, 9.17) is 20.9 Å². The molecule has 1 unspecified atom stereocenters. The standard InChI is InChI=1S/C24H29ClN4O4/c25-21-7-8-22(27-26-21)29-11-9-15(10-12-29)3-5-18-17-4-6-20(32-14-16-1-2-16)23(19(31)13-30)24(17)33-28-18/h4,6-8,15-16,19,30-31H,1-3,5,9-14H2. The Morgan fingerprint density at radius 1 is 1.09 bits per heavy atom. The van der Waals surface area contributed by atoms with Gasteiger partial charge in [0.2, 0.25) is 0 Å². The minimum atomic E-state index is -1.07. The Kier molecular flexibility index (Phi) is 6.66. The quantitative estimate of drug-likeness (QED) is 0.482. The Labute approximate surface area is 197 Å². The fourth-order valence-electron chi connectivity index (χ4n) is 4.53. The monoisotopic (exact) mass is 472 g/mol. The van der Waals surface area contributed by atoms with Crippen molar-refractivity contribution in [2.45, 2.75) is 44.6 Å². The topological polar surface area (TPSA) is 105 Å². The highest BCUT2D eigenvalue weighted by molar-refractivity contribution is 6.29. The molecule has 1 aliphatic carbocycles. The molecule has 5 rings (SSSR count). The Balaban J connectivity index is 1.23. The molecule has 2 fully saturated rings. The molecular weight excluding hydrogens is 444 g/mol. The molecule has 1 aromatic carbocycles. The maximum Gasteiger partial charge on any atom is 0.176 e. The third-order valence-corrected chi connectivity index (χ3v) is 6.94. The van der Waals surface area contributed by atoms with Crippen LogP contribution < -0.4 is 9.64 Å². The summed E-state index contributed by atoms with van der Waals surface area (Å²) in [5.41, 5.74) is 1.89. The zero-order valence-electron chi connectivity index (χ0n) is 18.5. The summed E-state index contributed by atoms with van der Waals surface area (Å²) in [6.45, 7) is 2.10. The highest BCUT2D eigenvalue weighted by atomic mass is 35.5. The lowest BCUT2D eigenvalue weighted by Gasteiger charge is -2.32. The predicted octanol–water partition coefficient (Wildman–Crippen LogP) is 3.93. The fraction of sp³-hybridized carbons (Fsp3) is 0.542. The Bertz CT molecular complexity index is 1080. The maximum absolute atomic E-state index is 10.4. The zero-order chi connectivity index (χ0) is 22.8. The average molecular weight is 473 g/mol. The van der Waals surface area contributed by atoms with E-state index in [1.165, 1.54) is 12.8 Å². The second kappa shape index (κ2) is 9.83. The summed E-state index contributed by atoms with van der Waals surface area (Å²) < 4.78 is 11.6. The van der Waals surface area contributed by atoms with Crippen molar-refractivity contribution in [3.05, 3.63) is 40.7 Å². The highest BCUT2D eigenvalue weighted by Crippen LogP contribution is 2.37. The van der Waals surface area contributed by atoms with Crippen molar-refractivity contribution < 1.29 is 19.5 Å². The molecule has 9 heteroatoms. The molecule has 2 aliphatic rings. The van der Waals surface area contributed by atoms with E-state index in [9.17, 15) is 10.2 Å². The number of hydrogen-bond donors (Lipinski definition) is 2. The van der Waals surface area contributed by atoms with Crippen molar-refractivity contribution in [3.63, 3.8) is 0 Å². The fourth-order valence-corrected chi connectivity index (χ4v) is 4.63. The molecule has 2 aromatic heterocycles. The van der Waals surface area contributed by atoms with E-state index in [1.807, 2.05) is 18.2 Å². The molecule has 1 saturated carbocycles. The van der Waals surface area contributed by atoms with Gasteiger partial charge in [0, 0.05) is 18.5 Å². The van der Waals surface area contributed by atoms with Crippen molar-refractivity contribution in [1.29, 1.82) is 0 Å². The second-order valence-corrected chi connectivity index (χ2v) is 9.51. The SMILES string of the molecule is OCC(O)c1c(OCC2CC2)ccc2c(CCC3CCN(c4ccc(Cl)nn4)CC3)noc12. The summed E-state index contributed by atoms with van der Waals surface area (Å²) in [5.74, 6) is 2.62. The smallest absolute Gasteiger partial charge is 0.176 e. The minimum absolute atomic E-state index is 0.397. The first-order chi connectivity index (χ1) is 16.1. The molecule has 1 atom stereocenters. The van der Waals surface area contributed by atoms with Crippen LogP contribution in [0.4, 0.5) is 5.82 Å². The number of aliphatic hydroxyl groups is 2. The van der Waals surface area contributed by atoms with E-state index in [2.05, 4.69) is 20.3 Å². The number of hydrogen-bond acceptors (Lipinski definition) is 8. The van der Waals surface area contributed by atoms with Gasteiger partial charge in [-0.3, -0.25) is 0 Å². The van der Waals surface area contributed by atoms with Crippen molar-refractivity contribution in [2.75, 3.05) is 31.2 Å². The Morgan fingerprint density at radius 2 is 1.91 bits per heavy atom. The van der Waals surface area contributed by atoms with Crippen LogP contribution in [0.5, 0.6) is 5.75 Å². The van der Waals surface area contributed by atoms with Crippen LogP contribution in [0.1, 0.15) is 49.5 Å². The molecule has 0 spiro atoms. The van der Waals surface area contributed by atoms with Gasteiger partial charge in [-0.2, -0.15) is 0 Å². The largest absolute Gasteiger partial charge is 0.493 e.